The van der Waals surface area contributed by atoms with E-state index in [9.17, 15) is 19.8 Å². The third kappa shape index (κ3) is 69.3. The Bertz CT molecular complexity index is 1300. The van der Waals surface area contributed by atoms with Crippen molar-refractivity contribution < 1.29 is 24.5 Å². The van der Waals surface area contributed by atoms with Gasteiger partial charge in [0.25, 0.3) is 0 Å². The fourth-order valence-electron chi connectivity index (χ4n) is 12.2. The summed E-state index contributed by atoms with van der Waals surface area (Å²) in [5.74, 6) is -0.0451. The van der Waals surface area contributed by atoms with Gasteiger partial charge in [0.15, 0.2) is 0 Å². The largest absolute Gasteiger partial charge is 0.466 e. The lowest BCUT2D eigenvalue weighted by molar-refractivity contribution is -0.143. The zero-order valence-electron chi connectivity index (χ0n) is 56.5. The Balaban J connectivity index is 3.37. The number of allylic oxidation sites excluding steroid dienone is 3. The van der Waals surface area contributed by atoms with Gasteiger partial charge < -0.3 is 20.3 Å². The molecule has 2 unspecified atom stereocenters. The first-order valence-electron chi connectivity index (χ1n) is 38.1. The first kappa shape index (κ1) is 81.3. The standard InChI is InChI=1S/C77H149NO5/c1-3-5-7-9-11-13-15-17-19-21-22-23-31-34-38-41-45-49-53-57-61-65-69-75(80)74(73-79)78-76(81)70-66-62-58-54-50-46-42-39-35-32-29-27-25-24-26-28-30-33-36-40-44-48-52-56-60-64-68-72-83-77(82)71-67-63-59-55-51-47-43-37-20-18-16-14-12-10-8-6-4-2/h18,20,65,69,74-75,79-80H,3-17,19,21-64,66-68,70-73H2,1-2H3,(H,78,81)/b20-18-,69-65+. The normalized spacial score (nSPS) is 12.6. The minimum absolute atomic E-state index is 0.0154. The number of amides is 1. The average Bonchev–Trinajstić information content (AvgIpc) is 3.49. The molecule has 83 heavy (non-hydrogen) atoms. The van der Waals surface area contributed by atoms with E-state index in [-0.39, 0.29) is 18.5 Å². The summed E-state index contributed by atoms with van der Waals surface area (Å²) in [6.45, 7) is 4.95. The third-order valence-electron chi connectivity index (χ3n) is 18.0. The molecule has 0 saturated carbocycles. The van der Waals surface area contributed by atoms with Crippen LogP contribution in [0, 0.1) is 0 Å². The molecule has 0 aliphatic rings. The second kappa shape index (κ2) is 72.8. The number of rotatable bonds is 72. The summed E-state index contributed by atoms with van der Waals surface area (Å²) in [6.07, 6.45) is 92.8. The van der Waals surface area contributed by atoms with Crippen molar-refractivity contribution >= 4 is 11.9 Å². The Hall–Kier alpha value is -1.66. The summed E-state index contributed by atoms with van der Waals surface area (Å²) in [6, 6.07) is -0.627. The predicted molar refractivity (Wildman–Crippen MR) is 366 cm³/mol. The van der Waals surface area contributed by atoms with Crippen LogP contribution in [0.2, 0.25) is 0 Å². The molecule has 0 aromatic heterocycles. The molecule has 1 amide bonds. The van der Waals surface area contributed by atoms with Gasteiger partial charge in [-0.1, -0.05) is 385 Å². The highest BCUT2D eigenvalue weighted by atomic mass is 16.5. The molecule has 0 fully saturated rings. The van der Waals surface area contributed by atoms with Gasteiger partial charge in [-0.05, 0) is 57.8 Å². The number of unbranched alkanes of at least 4 members (excludes halogenated alkanes) is 59. The van der Waals surface area contributed by atoms with E-state index in [4.69, 9.17) is 4.74 Å². The van der Waals surface area contributed by atoms with E-state index in [1.165, 1.54) is 360 Å². The Kier molecular flexibility index (Phi) is 71.4. The summed E-state index contributed by atoms with van der Waals surface area (Å²) in [7, 11) is 0. The van der Waals surface area contributed by atoms with Crippen molar-refractivity contribution in [3.05, 3.63) is 24.3 Å². The van der Waals surface area contributed by atoms with Gasteiger partial charge in [0.05, 0.1) is 25.4 Å². The lowest BCUT2D eigenvalue weighted by Gasteiger charge is -2.20. The number of carbonyl (C=O) groups excluding carboxylic acids is 2. The zero-order chi connectivity index (χ0) is 59.9. The van der Waals surface area contributed by atoms with Crippen LogP contribution in [0.15, 0.2) is 24.3 Å². The van der Waals surface area contributed by atoms with E-state index in [0.717, 1.165) is 44.9 Å². The van der Waals surface area contributed by atoms with Gasteiger partial charge in [0.1, 0.15) is 0 Å². The molecule has 0 aromatic carbocycles. The Morgan fingerprint density at radius 2 is 0.566 bits per heavy atom. The molecule has 492 valence electrons. The summed E-state index contributed by atoms with van der Waals surface area (Å²) in [5.41, 5.74) is 0. The smallest absolute Gasteiger partial charge is 0.305 e. The predicted octanol–water partition coefficient (Wildman–Crippen LogP) is 24.9. The highest BCUT2D eigenvalue weighted by Crippen LogP contribution is 2.20. The molecular formula is C77H149NO5. The summed E-state index contributed by atoms with van der Waals surface area (Å²) >= 11 is 0. The SMILES string of the molecule is CCCCCCCC/C=C\CCCCCCCCCC(=O)OCCCCCCCCCCCCCCCCCCCCCCCCCCCCCC(=O)NC(CO)C(O)/C=C/CCCCCCCCCCCCCCCCCCCCCC. The Morgan fingerprint density at radius 1 is 0.325 bits per heavy atom. The monoisotopic (exact) mass is 1170 g/mol. The molecule has 0 rings (SSSR count). The van der Waals surface area contributed by atoms with E-state index in [0.29, 0.717) is 19.4 Å². The molecule has 0 aliphatic carbocycles. The van der Waals surface area contributed by atoms with Crippen LogP contribution in [-0.2, 0) is 14.3 Å². The fourth-order valence-corrected chi connectivity index (χ4v) is 12.2. The second-order valence-corrected chi connectivity index (χ2v) is 26.3. The Labute approximate surface area is 520 Å². The highest BCUT2D eigenvalue weighted by Gasteiger charge is 2.18. The van der Waals surface area contributed by atoms with Gasteiger partial charge in [-0.2, -0.15) is 0 Å². The van der Waals surface area contributed by atoms with Gasteiger partial charge in [0, 0.05) is 12.8 Å². The van der Waals surface area contributed by atoms with E-state index < -0.39 is 12.1 Å². The van der Waals surface area contributed by atoms with Crippen molar-refractivity contribution in [2.45, 2.75) is 443 Å². The maximum Gasteiger partial charge on any atom is 0.305 e. The fraction of sp³-hybridized carbons (Fsp3) is 0.922. The highest BCUT2D eigenvalue weighted by molar-refractivity contribution is 5.76. The lowest BCUT2D eigenvalue weighted by atomic mass is 10.0. The van der Waals surface area contributed by atoms with Crippen LogP contribution in [0.3, 0.4) is 0 Å². The first-order valence-corrected chi connectivity index (χ1v) is 38.1. The average molecular weight is 1170 g/mol. The molecule has 0 bridgehead atoms. The number of hydrogen-bond donors (Lipinski definition) is 3. The number of carbonyl (C=O) groups is 2. The number of hydrogen-bond acceptors (Lipinski definition) is 5. The summed E-state index contributed by atoms with van der Waals surface area (Å²) < 4.78 is 5.51. The molecule has 0 radical (unpaired) electrons. The van der Waals surface area contributed by atoms with Crippen LogP contribution in [0.4, 0.5) is 0 Å². The number of ether oxygens (including phenoxy) is 1. The van der Waals surface area contributed by atoms with Gasteiger partial charge in [0.2, 0.25) is 5.91 Å². The number of aliphatic hydroxyl groups is 2. The van der Waals surface area contributed by atoms with E-state index in [2.05, 4.69) is 31.3 Å². The number of nitrogens with one attached hydrogen (secondary N) is 1. The van der Waals surface area contributed by atoms with E-state index in [1.807, 2.05) is 6.08 Å². The Morgan fingerprint density at radius 3 is 0.855 bits per heavy atom. The van der Waals surface area contributed by atoms with Crippen molar-refractivity contribution in [2.24, 2.45) is 0 Å². The molecule has 6 nitrogen and oxygen atoms in total. The molecule has 0 saturated heterocycles. The van der Waals surface area contributed by atoms with Gasteiger partial charge >= 0.3 is 5.97 Å². The molecule has 0 aliphatic heterocycles. The topological polar surface area (TPSA) is 95.9 Å². The van der Waals surface area contributed by atoms with Crippen LogP contribution >= 0.6 is 0 Å². The van der Waals surface area contributed by atoms with Crippen molar-refractivity contribution in [3.63, 3.8) is 0 Å². The van der Waals surface area contributed by atoms with E-state index >= 15 is 0 Å². The number of aliphatic hydroxyl groups excluding tert-OH is 2. The third-order valence-corrected chi connectivity index (χ3v) is 18.0. The molecule has 2 atom stereocenters. The quantitative estimate of drug-likeness (QED) is 0.0320. The van der Waals surface area contributed by atoms with Crippen LogP contribution < -0.4 is 5.32 Å². The van der Waals surface area contributed by atoms with E-state index in [1.54, 1.807) is 6.08 Å². The van der Waals surface area contributed by atoms with Gasteiger partial charge in [-0.25, -0.2) is 0 Å². The summed E-state index contributed by atoms with van der Waals surface area (Å²) in [4.78, 5) is 24.6. The molecule has 0 aromatic rings. The summed E-state index contributed by atoms with van der Waals surface area (Å²) in [5, 5.41) is 23.3. The number of esters is 1. The van der Waals surface area contributed by atoms with Crippen molar-refractivity contribution in [3.8, 4) is 0 Å². The molecule has 3 N–H and O–H groups in total. The molecule has 0 heterocycles. The minimum Gasteiger partial charge on any atom is -0.466 e. The van der Waals surface area contributed by atoms with Crippen LogP contribution in [0.25, 0.3) is 0 Å². The maximum atomic E-state index is 12.5. The molecular weight excluding hydrogens is 1020 g/mol. The molecule has 6 heteroatoms. The van der Waals surface area contributed by atoms with Crippen LogP contribution in [-0.4, -0.2) is 47.4 Å². The van der Waals surface area contributed by atoms with Gasteiger partial charge in [-0.3, -0.25) is 9.59 Å². The van der Waals surface area contributed by atoms with Crippen molar-refractivity contribution in [1.82, 2.24) is 5.32 Å². The zero-order valence-corrected chi connectivity index (χ0v) is 56.5. The van der Waals surface area contributed by atoms with Crippen molar-refractivity contribution in [1.29, 1.82) is 0 Å². The minimum atomic E-state index is -0.844. The molecule has 0 spiro atoms. The van der Waals surface area contributed by atoms with Gasteiger partial charge in [-0.15, -0.1) is 0 Å². The van der Waals surface area contributed by atoms with Crippen LogP contribution in [0.1, 0.15) is 431 Å². The maximum absolute atomic E-state index is 12.5. The second-order valence-electron chi connectivity index (χ2n) is 26.3. The van der Waals surface area contributed by atoms with Crippen molar-refractivity contribution in [2.75, 3.05) is 13.2 Å². The van der Waals surface area contributed by atoms with Crippen LogP contribution in [0.5, 0.6) is 0 Å². The first-order chi connectivity index (χ1) is 41.0. The lowest BCUT2D eigenvalue weighted by Crippen LogP contribution is -2.45.